The Morgan fingerprint density at radius 3 is 2.95 bits per heavy atom. The first-order valence-corrected chi connectivity index (χ1v) is 8.68. The number of nitrogens with zero attached hydrogens (tertiary/aromatic N) is 2. The number of pyridine rings is 1. The lowest BCUT2D eigenvalue weighted by Gasteiger charge is -2.21. The number of rotatable bonds is 4. The van der Waals surface area contributed by atoms with Crippen LogP contribution in [0.1, 0.15) is 33.1 Å². The van der Waals surface area contributed by atoms with Crippen molar-refractivity contribution in [3.8, 4) is 0 Å². The van der Waals surface area contributed by atoms with Gasteiger partial charge >= 0.3 is 0 Å². The van der Waals surface area contributed by atoms with Crippen LogP contribution in [0.15, 0.2) is 23.4 Å². The minimum Gasteiger partial charge on any atom is -0.383 e. The van der Waals surface area contributed by atoms with Crippen LogP contribution in [-0.4, -0.2) is 37.3 Å². The minimum absolute atomic E-state index is 0.149. The minimum atomic E-state index is -3.50. The van der Waals surface area contributed by atoms with Crippen molar-refractivity contribution >= 4 is 15.7 Å². The Morgan fingerprint density at radius 1 is 1.40 bits per heavy atom. The zero-order chi connectivity index (χ0) is 14.6. The van der Waals surface area contributed by atoms with Crippen LogP contribution in [0.3, 0.4) is 0 Å². The molecular weight excluding hydrogens is 274 g/mol. The van der Waals surface area contributed by atoms with Gasteiger partial charge in [-0.3, -0.25) is 0 Å². The second kappa shape index (κ2) is 6.54. The molecule has 2 rings (SSSR count). The molecule has 1 atom stereocenters. The first kappa shape index (κ1) is 15.3. The van der Waals surface area contributed by atoms with Crippen molar-refractivity contribution in [2.24, 2.45) is 5.92 Å². The topological polar surface area (TPSA) is 62.3 Å². The summed E-state index contributed by atoms with van der Waals surface area (Å²) in [7, 11) is -3.50. The molecule has 1 saturated heterocycles. The first-order chi connectivity index (χ1) is 9.55. The standard InChI is InChI=1S/C14H23N3O2S/c1-3-15-13-7-4-9-16-14(13)20(18,19)17-10-5-6-12(2)8-11-17/h4,7,9,12,15H,3,5-6,8,10-11H2,1-2H3. The average molecular weight is 297 g/mol. The molecule has 0 aliphatic carbocycles. The molecule has 2 heterocycles. The highest BCUT2D eigenvalue weighted by molar-refractivity contribution is 7.89. The number of anilines is 1. The number of sulfonamides is 1. The number of hydrogen-bond donors (Lipinski definition) is 1. The zero-order valence-electron chi connectivity index (χ0n) is 12.2. The van der Waals surface area contributed by atoms with Gasteiger partial charge in [0.05, 0.1) is 5.69 Å². The van der Waals surface area contributed by atoms with E-state index in [0.717, 1.165) is 19.3 Å². The molecule has 112 valence electrons. The first-order valence-electron chi connectivity index (χ1n) is 7.24. The Bertz CT molecular complexity index is 545. The number of hydrogen-bond acceptors (Lipinski definition) is 4. The largest absolute Gasteiger partial charge is 0.383 e. The van der Waals surface area contributed by atoms with E-state index in [2.05, 4.69) is 17.2 Å². The van der Waals surface area contributed by atoms with Crippen molar-refractivity contribution in [1.82, 2.24) is 9.29 Å². The van der Waals surface area contributed by atoms with Gasteiger partial charge in [-0.25, -0.2) is 13.4 Å². The molecule has 0 saturated carbocycles. The van der Waals surface area contributed by atoms with E-state index in [-0.39, 0.29) is 5.03 Å². The average Bonchev–Trinajstić information content (AvgIpc) is 2.65. The lowest BCUT2D eigenvalue weighted by Crippen LogP contribution is -2.33. The molecule has 20 heavy (non-hydrogen) atoms. The summed E-state index contributed by atoms with van der Waals surface area (Å²) in [6, 6.07) is 3.52. The van der Waals surface area contributed by atoms with Gasteiger partial charge < -0.3 is 5.32 Å². The highest BCUT2D eigenvalue weighted by Crippen LogP contribution is 2.25. The van der Waals surface area contributed by atoms with Crippen molar-refractivity contribution in [2.75, 3.05) is 25.0 Å². The fourth-order valence-electron chi connectivity index (χ4n) is 2.52. The van der Waals surface area contributed by atoms with E-state index in [1.54, 1.807) is 16.4 Å². The zero-order valence-corrected chi connectivity index (χ0v) is 13.0. The number of aromatic nitrogens is 1. The molecule has 0 radical (unpaired) electrons. The van der Waals surface area contributed by atoms with Crippen molar-refractivity contribution in [2.45, 2.75) is 38.1 Å². The lowest BCUT2D eigenvalue weighted by molar-refractivity contribution is 0.415. The van der Waals surface area contributed by atoms with E-state index in [0.29, 0.717) is 31.2 Å². The summed E-state index contributed by atoms with van der Waals surface area (Å²) in [6.07, 6.45) is 4.47. The van der Waals surface area contributed by atoms with E-state index < -0.39 is 10.0 Å². The lowest BCUT2D eigenvalue weighted by atomic mass is 10.0. The smallest absolute Gasteiger partial charge is 0.262 e. The van der Waals surface area contributed by atoms with Crippen LogP contribution in [0.2, 0.25) is 0 Å². The maximum Gasteiger partial charge on any atom is 0.262 e. The third kappa shape index (κ3) is 3.30. The fourth-order valence-corrected chi connectivity index (χ4v) is 4.09. The van der Waals surface area contributed by atoms with E-state index in [4.69, 9.17) is 0 Å². The van der Waals surface area contributed by atoms with Gasteiger partial charge in [0.15, 0.2) is 5.03 Å². The highest BCUT2D eigenvalue weighted by atomic mass is 32.2. The molecule has 1 aliphatic heterocycles. The summed E-state index contributed by atoms with van der Waals surface area (Å²) in [5.74, 6) is 0.590. The molecule has 1 aliphatic rings. The van der Waals surface area contributed by atoms with Crippen LogP contribution < -0.4 is 5.32 Å². The summed E-state index contributed by atoms with van der Waals surface area (Å²) in [4.78, 5) is 4.10. The molecule has 6 heteroatoms. The predicted molar refractivity (Wildman–Crippen MR) is 80.2 cm³/mol. The highest BCUT2D eigenvalue weighted by Gasteiger charge is 2.29. The van der Waals surface area contributed by atoms with Crippen LogP contribution in [0.5, 0.6) is 0 Å². The van der Waals surface area contributed by atoms with Gasteiger partial charge in [-0.1, -0.05) is 6.92 Å². The molecule has 0 amide bonds. The summed E-state index contributed by atoms with van der Waals surface area (Å²) in [5, 5.41) is 3.23. The van der Waals surface area contributed by atoms with Gasteiger partial charge in [-0.05, 0) is 44.2 Å². The molecule has 0 bridgehead atoms. The van der Waals surface area contributed by atoms with Crippen LogP contribution in [0, 0.1) is 5.92 Å². The van der Waals surface area contributed by atoms with E-state index in [1.165, 1.54) is 6.20 Å². The van der Waals surface area contributed by atoms with Gasteiger partial charge in [0.2, 0.25) is 0 Å². The monoisotopic (exact) mass is 297 g/mol. The SMILES string of the molecule is CCNc1cccnc1S(=O)(=O)N1CCCC(C)CC1. The summed E-state index contributed by atoms with van der Waals surface area (Å²) in [6.45, 7) is 5.98. The van der Waals surface area contributed by atoms with Crippen LogP contribution in [0.25, 0.3) is 0 Å². The van der Waals surface area contributed by atoms with Gasteiger partial charge in [-0.15, -0.1) is 0 Å². The normalized spacial score (nSPS) is 21.4. The maximum atomic E-state index is 12.8. The molecule has 0 spiro atoms. The molecule has 1 unspecified atom stereocenters. The van der Waals surface area contributed by atoms with Crippen LogP contribution in [-0.2, 0) is 10.0 Å². The Labute approximate surface area is 121 Å². The summed E-state index contributed by atoms with van der Waals surface area (Å²) in [5.41, 5.74) is 0.590. The van der Waals surface area contributed by atoms with Crippen molar-refractivity contribution in [1.29, 1.82) is 0 Å². The van der Waals surface area contributed by atoms with Crippen LogP contribution >= 0.6 is 0 Å². The maximum absolute atomic E-state index is 12.8. The van der Waals surface area contributed by atoms with Crippen molar-refractivity contribution in [3.05, 3.63) is 18.3 Å². The molecule has 1 aromatic heterocycles. The van der Waals surface area contributed by atoms with Crippen molar-refractivity contribution < 1.29 is 8.42 Å². The Kier molecular flexibility index (Phi) is 4.99. The van der Waals surface area contributed by atoms with Gasteiger partial charge in [0, 0.05) is 25.8 Å². The van der Waals surface area contributed by atoms with E-state index >= 15 is 0 Å². The summed E-state index contributed by atoms with van der Waals surface area (Å²) < 4.78 is 27.1. The third-order valence-corrected chi connectivity index (χ3v) is 5.56. The van der Waals surface area contributed by atoms with E-state index in [1.807, 2.05) is 6.92 Å². The quantitative estimate of drug-likeness (QED) is 0.926. The molecule has 1 N–H and O–H groups in total. The van der Waals surface area contributed by atoms with Crippen LogP contribution in [0.4, 0.5) is 5.69 Å². The van der Waals surface area contributed by atoms with Gasteiger partial charge in [0.1, 0.15) is 0 Å². The van der Waals surface area contributed by atoms with Crippen molar-refractivity contribution in [3.63, 3.8) is 0 Å². The fraction of sp³-hybridized carbons (Fsp3) is 0.643. The second-order valence-corrected chi connectivity index (χ2v) is 7.18. The van der Waals surface area contributed by atoms with Gasteiger partial charge in [-0.2, -0.15) is 4.31 Å². The molecule has 5 nitrogen and oxygen atoms in total. The van der Waals surface area contributed by atoms with Gasteiger partial charge in [0.25, 0.3) is 10.0 Å². The summed E-state index contributed by atoms with van der Waals surface area (Å²) >= 11 is 0. The Hall–Kier alpha value is -1.14. The molecule has 0 aromatic carbocycles. The number of nitrogens with one attached hydrogen (secondary N) is 1. The third-order valence-electron chi connectivity index (χ3n) is 3.70. The Balaban J connectivity index is 2.30. The predicted octanol–water partition coefficient (Wildman–Crippen LogP) is 2.32. The molecule has 1 fully saturated rings. The second-order valence-electron chi connectivity index (χ2n) is 5.33. The molecular formula is C14H23N3O2S. The Morgan fingerprint density at radius 2 is 2.20 bits per heavy atom. The van der Waals surface area contributed by atoms with E-state index in [9.17, 15) is 8.42 Å². The molecule has 1 aromatic rings.